The van der Waals surface area contributed by atoms with Gasteiger partial charge in [0.15, 0.2) is 0 Å². The molecule has 4 heteroatoms. The van der Waals surface area contributed by atoms with E-state index in [0.717, 1.165) is 13.0 Å². The quantitative estimate of drug-likeness (QED) is 0.713. The molecule has 1 rings (SSSR count). The van der Waals surface area contributed by atoms with E-state index < -0.39 is 0 Å². The van der Waals surface area contributed by atoms with Crippen molar-refractivity contribution in [2.45, 2.75) is 38.1 Å². The number of nitrogens with zero attached hydrogens (tertiary/aromatic N) is 1. The molecule has 1 unspecified atom stereocenters. The zero-order valence-corrected chi connectivity index (χ0v) is 10.5. The number of ether oxygens (including phenoxy) is 1. The van der Waals surface area contributed by atoms with Crippen LogP contribution < -0.4 is 5.32 Å². The van der Waals surface area contributed by atoms with Gasteiger partial charge in [0, 0.05) is 6.54 Å². The minimum absolute atomic E-state index is 0.155. The van der Waals surface area contributed by atoms with E-state index in [-0.39, 0.29) is 12.0 Å². The number of esters is 1. The molecule has 0 aliphatic carbocycles. The van der Waals surface area contributed by atoms with Crippen LogP contribution in [0.25, 0.3) is 0 Å². The smallest absolute Gasteiger partial charge is 0.322 e. The Bertz CT molecular complexity index is 201. The second kappa shape index (κ2) is 7.63. The highest BCUT2D eigenvalue weighted by Gasteiger charge is 2.18. The van der Waals surface area contributed by atoms with Crippen molar-refractivity contribution < 1.29 is 9.53 Å². The zero-order chi connectivity index (χ0) is 11.8. The van der Waals surface area contributed by atoms with Gasteiger partial charge < -0.3 is 15.0 Å². The number of hydrogen-bond donors (Lipinski definition) is 1. The van der Waals surface area contributed by atoms with Gasteiger partial charge in [-0.15, -0.1) is 0 Å². The summed E-state index contributed by atoms with van der Waals surface area (Å²) in [6.07, 6.45) is 6.12. The normalized spacial score (nSPS) is 20.1. The molecule has 1 atom stereocenters. The first-order valence-electron chi connectivity index (χ1n) is 6.25. The Balaban J connectivity index is 2.27. The third kappa shape index (κ3) is 4.49. The molecule has 0 spiro atoms. The largest absolute Gasteiger partial charge is 0.468 e. The number of carbonyl (C=O) groups is 1. The van der Waals surface area contributed by atoms with Crippen LogP contribution >= 0.6 is 0 Å². The minimum atomic E-state index is -0.159. The lowest BCUT2D eigenvalue weighted by Crippen LogP contribution is -2.39. The molecule has 1 aliphatic rings. The molecule has 4 nitrogen and oxygen atoms in total. The summed E-state index contributed by atoms with van der Waals surface area (Å²) in [5.41, 5.74) is 0. The molecule has 0 aromatic carbocycles. The second-order valence-electron chi connectivity index (χ2n) is 4.41. The van der Waals surface area contributed by atoms with Crippen LogP contribution in [0.1, 0.15) is 32.1 Å². The molecule has 0 radical (unpaired) electrons. The van der Waals surface area contributed by atoms with Crippen LogP contribution in [-0.4, -0.2) is 50.7 Å². The lowest BCUT2D eigenvalue weighted by atomic mass is 10.2. The summed E-state index contributed by atoms with van der Waals surface area (Å²) in [7, 11) is 3.25. The Morgan fingerprint density at radius 1 is 1.31 bits per heavy atom. The molecule has 0 bridgehead atoms. The van der Waals surface area contributed by atoms with Gasteiger partial charge in [-0.25, -0.2) is 0 Å². The summed E-state index contributed by atoms with van der Waals surface area (Å²) in [5.74, 6) is -0.155. The van der Waals surface area contributed by atoms with Gasteiger partial charge in [-0.2, -0.15) is 0 Å². The molecule has 0 aromatic heterocycles. The standard InChI is InChI=1S/C12H24N2O2/c1-13-11(12(15)16-2)7-10-14-8-5-3-4-6-9-14/h11,13H,3-10H2,1-2H3. The highest BCUT2D eigenvalue weighted by molar-refractivity contribution is 5.75. The molecule has 0 aromatic rings. The van der Waals surface area contributed by atoms with Gasteiger partial charge in [0.2, 0.25) is 0 Å². The van der Waals surface area contributed by atoms with Crippen molar-refractivity contribution >= 4 is 5.97 Å². The molecule has 1 N–H and O–H groups in total. The van der Waals surface area contributed by atoms with E-state index in [1.165, 1.54) is 45.9 Å². The van der Waals surface area contributed by atoms with Crippen molar-refractivity contribution in [3.63, 3.8) is 0 Å². The maximum absolute atomic E-state index is 11.4. The van der Waals surface area contributed by atoms with Crippen molar-refractivity contribution in [3.05, 3.63) is 0 Å². The van der Waals surface area contributed by atoms with Gasteiger partial charge in [-0.05, 0) is 39.4 Å². The van der Waals surface area contributed by atoms with E-state index in [9.17, 15) is 4.79 Å². The molecular formula is C12H24N2O2. The zero-order valence-electron chi connectivity index (χ0n) is 10.5. The Morgan fingerprint density at radius 2 is 1.94 bits per heavy atom. The summed E-state index contributed by atoms with van der Waals surface area (Å²) in [6, 6.07) is -0.159. The maximum atomic E-state index is 11.4. The predicted octanol–water partition coefficient (Wildman–Crippen LogP) is 1.01. The van der Waals surface area contributed by atoms with Crippen molar-refractivity contribution in [3.8, 4) is 0 Å². The summed E-state index contributed by atoms with van der Waals surface area (Å²) in [6.45, 7) is 3.34. The number of nitrogens with one attached hydrogen (secondary N) is 1. The van der Waals surface area contributed by atoms with E-state index in [2.05, 4.69) is 10.2 Å². The average Bonchev–Trinajstić information content (AvgIpc) is 2.58. The number of methoxy groups -OCH3 is 1. The number of carbonyl (C=O) groups excluding carboxylic acids is 1. The van der Waals surface area contributed by atoms with Crippen LogP contribution in [0.5, 0.6) is 0 Å². The van der Waals surface area contributed by atoms with Crippen molar-refractivity contribution in [2.75, 3.05) is 33.8 Å². The summed E-state index contributed by atoms with van der Waals surface area (Å²) < 4.78 is 4.75. The van der Waals surface area contributed by atoms with Crippen LogP contribution in [0.4, 0.5) is 0 Å². The van der Waals surface area contributed by atoms with Gasteiger partial charge in [-0.1, -0.05) is 12.8 Å². The molecule has 0 amide bonds. The van der Waals surface area contributed by atoms with Crippen LogP contribution in [0.3, 0.4) is 0 Å². The van der Waals surface area contributed by atoms with Gasteiger partial charge in [0.1, 0.15) is 6.04 Å². The molecule has 1 fully saturated rings. The molecule has 16 heavy (non-hydrogen) atoms. The Hall–Kier alpha value is -0.610. The fourth-order valence-electron chi connectivity index (χ4n) is 2.19. The highest BCUT2D eigenvalue weighted by atomic mass is 16.5. The summed E-state index contributed by atoms with van der Waals surface area (Å²) in [5, 5.41) is 3.01. The fourth-order valence-corrected chi connectivity index (χ4v) is 2.19. The average molecular weight is 228 g/mol. The third-order valence-electron chi connectivity index (χ3n) is 3.27. The molecule has 0 saturated carbocycles. The lowest BCUT2D eigenvalue weighted by molar-refractivity contribution is -0.143. The Kier molecular flexibility index (Phi) is 6.42. The van der Waals surface area contributed by atoms with E-state index >= 15 is 0 Å². The SMILES string of the molecule is CNC(CCN1CCCCCC1)C(=O)OC. The van der Waals surface area contributed by atoms with Gasteiger partial charge in [0.25, 0.3) is 0 Å². The second-order valence-corrected chi connectivity index (χ2v) is 4.41. The number of likely N-dealkylation sites (tertiary alicyclic amines) is 1. The monoisotopic (exact) mass is 228 g/mol. The molecular weight excluding hydrogens is 204 g/mol. The van der Waals surface area contributed by atoms with Crippen molar-refractivity contribution in [1.29, 1.82) is 0 Å². The van der Waals surface area contributed by atoms with Crippen LogP contribution in [0.15, 0.2) is 0 Å². The maximum Gasteiger partial charge on any atom is 0.322 e. The van der Waals surface area contributed by atoms with Gasteiger partial charge in [-0.3, -0.25) is 4.79 Å². The van der Waals surface area contributed by atoms with Gasteiger partial charge in [0.05, 0.1) is 7.11 Å². The number of rotatable bonds is 5. The molecule has 1 aliphatic heterocycles. The number of likely N-dealkylation sites (N-methyl/N-ethyl adjacent to an activating group) is 1. The van der Waals surface area contributed by atoms with Crippen LogP contribution in [0, 0.1) is 0 Å². The molecule has 1 saturated heterocycles. The fraction of sp³-hybridized carbons (Fsp3) is 0.917. The lowest BCUT2D eigenvalue weighted by Gasteiger charge is -2.22. The Morgan fingerprint density at radius 3 is 2.44 bits per heavy atom. The van der Waals surface area contributed by atoms with E-state index in [1.54, 1.807) is 0 Å². The van der Waals surface area contributed by atoms with E-state index in [0.29, 0.717) is 0 Å². The first-order valence-corrected chi connectivity index (χ1v) is 6.25. The van der Waals surface area contributed by atoms with Gasteiger partial charge >= 0.3 is 5.97 Å². The van der Waals surface area contributed by atoms with Crippen molar-refractivity contribution in [1.82, 2.24) is 10.2 Å². The minimum Gasteiger partial charge on any atom is -0.468 e. The molecule has 94 valence electrons. The van der Waals surface area contributed by atoms with E-state index in [4.69, 9.17) is 4.74 Å². The first-order chi connectivity index (χ1) is 7.77. The summed E-state index contributed by atoms with van der Waals surface area (Å²) >= 11 is 0. The van der Waals surface area contributed by atoms with Crippen LogP contribution in [0.2, 0.25) is 0 Å². The topological polar surface area (TPSA) is 41.6 Å². The predicted molar refractivity (Wildman–Crippen MR) is 64.4 cm³/mol. The first kappa shape index (κ1) is 13.5. The third-order valence-corrected chi connectivity index (χ3v) is 3.27. The number of hydrogen-bond acceptors (Lipinski definition) is 4. The highest BCUT2D eigenvalue weighted by Crippen LogP contribution is 2.10. The Labute approximate surface area is 98.3 Å². The van der Waals surface area contributed by atoms with Crippen LogP contribution in [-0.2, 0) is 9.53 Å². The van der Waals surface area contributed by atoms with E-state index in [1.807, 2.05) is 7.05 Å². The summed E-state index contributed by atoms with van der Waals surface area (Å²) in [4.78, 5) is 13.8. The molecule has 1 heterocycles. The van der Waals surface area contributed by atoms with Crippen molar-refractivity contribution in [2.24, 2.45) is 0 Å².